The second-order valence-corrected chi connectivity index (χ2v) is 7.96. The largest absolute Gasteiger partial charge is 0.310 e. The monoisotopic (exact) mass is 274 g/mol. The van der Waals surface area contributed by atoms with E-state index in [-0.39, 0.29) is 17.3 Å². The van der Waals surface area contributed by atoms with Crippen molar-refractivity contribution < 1.29 is 8.42 Å². The zero-order valence-electron chi connectivity index (χ0n) is 11.5. The molecular formula is C13H26N2O2S. The zero-order valence-corrected chi connectivity index (χ0v) is 12.3. The molecule has 0 aromatic heterocycles. The van der Waals surface area contributed by atoms with Gasteiger partial charge in [0.05, 0.1) is 5.25 Å². The molecular weight excluding hydrogens is 248 g/mol. The molecule has 3 unspecified atom stereocenters. The molecule has 1 aliphatic carbocycles. The van der Waals surface area contributed by atoms with Crippen LogP contribution < -0.4 is 10.0 Å². The highest BCUT2D eigenvalue weighted by atomic mass is 32.2. The smallest absolute Gasteiger partial charge is 0.214 e. The highest BCUT2D eigenvalue weighted by Gasteiger charge is 2.33. The molecule has 0 amide bonds. The van der Waals surface area contributed by atoms with Crippen molar-refractivity contribution in [2.75, 3.05) is 0 Å². The first-order chi connectivity index (χ1) is 8.49. The van der Waals surface area contributed by atoms with Gasteiger partial charge in [-0.2, -0.15) is 0 Å². The van der Waals surface area contributed by atoms with Crippen LogP contribution in [-0.2, 0) is 10.0 Å². The summed E-state index contributed by atoms with van der Waals surface area (Å²) < 4.78 is 27.6. The number of piperidine rings is 1. The van der Waals surface area contributed by atoms with Gasteiger partial charge in [-0.25, -0.2) is 13.1 Å². The maximum absolute atomic E-state index is 12.3. The third-order valence-electron chi connectivity index (χ3n) is 4.37. The Morgan fingerprint density at radius 1 is 1.00 bits per heavy atom. The quantitative estimate of drug-likeness (QED) is 0.824. The van der Waals surface area contributed by atoms with Gasteiger partial charge in [0.1, 0.15) is 0 Å². The fraction of sp³-hybridized carbons (Fsp3) is 1.00. The van der Waals surface area contributed by atoms with Crippen LogP contribution in [0.3, 0.4) is 0 Å². The Balaban J connectivity index is 1.94. The maximum Gasteiger partial charge on any atom is 0.214 e. The van der Waals surface area contributed by atoms with Crippen molar-refractivity contribution in [1.82, 2.24) is 10.0 Å². The van der Waals surface area contributed by atoms with E-state index in [0.717, 1.165) is 38.5 Å². The SMILES string of the molecule is CC1CCC(NS(=O)(=O)C2CCCCC2)C(C)N1. The number of hydrogen-bond acceptors (Lipinski definition) is 3. The summed E-state index contributed by atoms with van der Waals surface area (Å²) in [4.78, 5) is 0. The molecule has 1 saturated carbocycles. The summed E-state index contributed by atoms with van der Waals surface area (Å²) in [6, 6.07) is 0.788. The number of rotatable bonds is 3. The van der Waals surface area contributed by atoms with Gasteiger partial charge in [0.2, 0.25) is 10.0 Å². The van der Waals surface area contributed by atoms with E-state index < -0.39 is 10.0 Å². The van der Waals surface area contributed by atoms with E-state index in [4.69, 9.17) is 0 Å². The van der Waals surface area contributed by atoms with Crippen LogP contribution in [0.25, 0.3) is 0 Å². The van der Waals surface area contributed by atoms with Crippen molar-refractivity contribution >= 4 is 10.0 Å². The Morgan fingerprint density at radius 2 is 1.67 bits per heavy atom. The van der Waals surface area contributed by atoms with Crippen LogP contribution in [0.2, 0.25) is 0 Å². The fourth-order valence-corrected chi connectivity index (χ4v) is 5.06. The summed E-state index contributed by atoms with van der Waals surface area (Å²) in [5.74, 6) is 0. The van der Waals surface area contributed by atoms with Crippen molar-refractivity contribution in [3.8, 4) is 0 Å². The maximum atomic E-state index is 12.3. The van der Waals surface area contributed by atoms with Crippen LogP contribution in [0, 0.1) is 0 Å². The topological polar surface area (TPSA) is 58.2 Å². The number of hydrogen-bond donors (Lipinski definition) is 2. The molecule has 5 heteroatoms. The molecule has 2 N–H and O–H groups in total. The predicted molar refractivity (Wildman–Crippen MR) is 74.0 cm³/mol. The lowest BCUT2D eigenvalue weighted by Crippen LogP contribution is -2.56. The van der Waals surface area contributed by atoms with Gasteiger partial charge in [0, 0.05) is 18.1 Å². The normalized spacial score (nSPS) is 35.6. The zero-order chi connectivity index (χ0) is 13.2. The lowest BCUT2D eigenvalue weighted by Gasteiger charge is -2.35. The summed E-state index contributed by atoms with van der Waals surface area (Å²) in [6.07, 6.45) is 6.96. The Morgan fingerprint density at radius 3 is 2.28 bits per heavy atom. The predicted octanol–water partition coefficient (Wildman–Crippen LogP) is 1.77. The van der Waals surface area contributed by atoms with Gasteiger partial charge in [-0.3, -0.25) is 0 Å². The average Bonchev–Trinajstić information content (AvgIpc) is 2.34. The number of sulfonamides is 1. The first-order valence-electron chi connectivity index (χ1n) is 7.26. The highest BCUT2D eigenvalue weighted by Crippen LogP contribution is 2.24. The van der Waals surface area contributed by atoms with E-state index in [2.05, 4.69) is 23.9 Å². The molecule has 1 saturated heterocycles. The van der Waals surface area contributed by atoms with E-state index in [0.29, 0.717) is 6.04 Å². The van der Waals surface area contributed by atoms with Crippen molar-refractivity contribution in [3.63, 3.8) is 0 Å². The Labute approximate surface area is 111 Å². The van der Waals surface area contributed by atoms with E-state index >= 15 is 0 Å². The molecule has 18 heavy (non-hydrogen) atoms. The second-order valence-electron chi connectivity index (χ2n) is 5.96. The van der Waals surface area contributed by atoms with Crippen molar-refractivity contribution in [2.45, 2.75) is 82.2 Å². The minimum atomic E-state index is -3.12. The van der Waals surface area contributed by atoms with Gasteiger partial charge in [-0.1, -0.05) is 19.3 Å². The minimum Gasteiger partial charge on any atom is -0.310 e. The molecule has 2 aliphatic rings. The molecule has 0 aromatic carbocycles. The molecule has 4 nitrogen and oxygen atoms in total. The summed E-state index contributed by atoms with van der Waals surface area (Å²) in [5.41, 5.74) is 0. The highest BCUT2D eigenvalue weighted by molar-refractivity contribution is 7.90. The summed E-state index contributed by atoms with van der Waals surface area (Å²) >= 11 is 0. The molecule has 0 spiro atoms. The first kappa shape index (κ1) is 14.3. The lowest BCUT2D eigenvalue weighted by molar-refractivity contribution is 0.295. The second kappa shape index (κ2) is 5.88. The van der Waals surface area contributed by atoms with Gasteiger partial charge >= 0.3 is 0 Å². The molecule has 1 aliphatic heterocycles. The van der Waals surface area contributed by atoms with E-state index in [9.17, 15) is 8.42 Å². The van der Waals surface area contributed by atoms with Crippen LogP contribution >= 0.6 is 0 Å². The van der Waals surface area contributed by atoms with E-state index in [1.807, 2.05) is 0 Å². The lowest BCUT2D eigenvalue weighted by atomic mass is 9.96. The van der Waals surface area contributed by atoms with Crippen LogP contribution in [0.1, 0.15) is 58.8 Å². The molecule has 0 aromatic rings. The Bertz CT molecular complexity index is 363. The van der Waals surface area contributed by atoms with Gasteiger partial charge < -0.3 is 5.32 Å². The molecule has 0 bridgehead atoms. The van der Waals surface area contributed by atoms with Crippen molar-refractivity contribution in [2.24, 2.45) is 0 Å². The molecule has 3 atom stereocenters. The van der Waals surface area contributed by atoms with Crippen LogP contribution in [0.5, 0.6) is 0 Å². The van der Waals surface area contributed by atoms with Gasteiger partial charge in [0.15, 0.2) is 0 Å². The van der Waals surface area contributed by atoms with Crippen molar-refractivity contribution in [1.29, 1.82) is 0 Å². The summed E-state index contributed by atoms with van der Waals surface area (Å²) in [7, 11) is -3.12. The summed E-state index contributed by atoms with van der Waals surface area (Å²) in [6.45, 7) is 4.23. The van der Waals surface area contributed by atoms with Crippen LogP contribution in [0.15, 0.2) is 0 Å². The fourth-order valence-electron chi connectivity index (χ4n) is 3.17. The molecule has 2 rings (SSSR count). The molecule has 106 valence electrons. The Hall–Kier alpha value is -0.130. The van der Waals surface area contributed by atoms with E-state index in [1.165, 1.54) is 6.42 Å². The minimum absolute atomic E-state index is 0.0631. The molecule has 1 heterocycles. The van der Waals surface area contributed by atoms with Crippen LogP contribution in [-0.4, -0.2) is 31.8 Å². The van der Waals surface area contributed by atoms with Gasteiger partial charge in [0.25, 0.3) is 0 Å². The van der Waals surface area contributed by atoms with Gasteiger partial charge in [-0.15, -0.1) is 0 Å². The van der Waals surface area contributed by atoms with Crippen LogP contribution in [0.4, 0.5) is 0 Å². The Kier molecular flexibility index (Phi) is 4.67. The average molecular weight is 274 g/mol. The molecule has 0 radical (unpaired) electrons. The third-order valence-corrected chi connectivity index (χ3v) is 6.35. The molecule has 2 fully saturated rings. The van der Waals surface area contributed by atoms with Gasteiger partial charge in [-0.05, 0) is 39.5 Å². The first-order valence-corrected chi connectivity index (χ1v) is 8.81. The van der Waals surface area contributed by atoms with Crippen molar-refractivity contribution in [3.05, 3.63) is 0 Å². The standard InChI is InChI=1S/C13H26N2O2S/c1-10-8-9-13(11(2)14-10)15-18(16,17)12-6-4-3-5-7-12/h10-15H,3-9H2,1-2H3. The van der Waals surface area contributed by atoms with E-state index in [1.54, 1.807) is 0 Å². The number of nitrogens with one attached hydrogen (secondary N) is 2. The summed E-state index contributed by atoms with van der Waals surface area (Å²) in [5, 5.41) is 3.27. The third kappa shape index (κ3) is 3.45.